The van der Waals surface area contributed by atoms with E-state index in [2.05, 4.69) is 24.9 Å². The largest absolute Gasteiger partial charge is 0.494 e. The number of benzene rings is 1. The molecule has 210 valence electrons. The molecule has 0 saturated carbocycles. The van der Waals surface area contributed by atoms with E-state index in [4.69, 9.17) is 19.0 Å². The van der Waals surface area contributed by atoms with Gasteiger partial charge in [-0.3, -0.25) is 9.29 Å². The Balaban J connectivity index is 0.00000144. The zero-order valence-corrected chi connectivity index (χ0v) is 22.3. The lowest BCUT2D eigenvalue weighted by Gasteiger charge is -2.32. The van der Waals surface area contributed by atoms with Crippen LogP contribution in [0.25, 0.3) is 17.3 Å². The van der Waals surface area contributed by atoms with Crippen molar-refractivity contribution in [2.24, 2.45) is 0 Å². The van der Waals surface area contributed by atoms with Crippen molar-refractivity contribution in [3.63, 3.8) is 0 Å². The number of anilines is 2. The Labute approximate surface area is 225 Å². The molecule has 15 heteroatoms. The first-order chi connectivity index (χ1) is 18.9. The first kappa shape index (κ1) is 27.8. The van der Waals surface area contributed by atoms with Gasteiger partial charge in [0.25, 0.3) is 0 Å². The van der Waals surface area contributed by atoms with Gasteiger partial charge in [0.2, 0.25) is 27.7 Å². The molecule has 1 fully saturated rings. The number of piperidine rings is 1. The lowest BCUT2D eigenvalue weighted by molar-refractivity contribution is 0.391. The molecule has 1 aliphatic rings. The number of hydrogen-bond acceptors (Lipinski definition) is 11. The van der Waals surface area contributed by atoms with Gasteiger partial charge < -0.3 is 23.9 Å². The maximum atomic E-state index is 13.6. The second kappa shape index (κ2) is 12.1. The van der Waals surface area contributed by atoms with Crippen molar-refractivity contribution in [2.75, 3.05) is 44.0 Å². The number of aromatic nitrogens is 5. The van der Waals surface area contributed by atoms with Gasteiger partial charge >= 0.3 is 0 Å². The van der Waals surface area contributed by atoms with Crippen molar-refractivity contribution < 1.29 is 33.2 Å². The second-order valence-electron chi connectivity index (χ2n) is 8.23. The van der Waals surface area contributed by atoms with Crippen molar-refractivity contribution in [3.05, 3.63) is 54.8 Å². The molecule has 5 rings (SSSR count). The van der Waals surface area contributed by atoms with Gasteiger partial charge in [0.05, 0.1) is 38.1 Å². The van der Waals surface area contributed by atoms with Gasteiger partial charge in [0, 0.05) is 21.6 Å². The Kier molecular flexibility index (Phi) is 8.61. The highest BCUT2D eigenvalue weighted by Crippen LogP contribution is 2.38. The lowest BCUT2D eigenvalue weighted by Crippen LogP contribution is -2.45. The molecule has 1 aliphatic heterocycles. The van der Waals surface area contributed by atoms with Crippen molar-refractivity contribution in [3.8, 4) is 28.8 Å². The second-order valence-corrected chi connectivity index (χ2v) is 10.2. The molecule has 4 heterocycles. The summed E-state index contributed by atoms with van der Waals surface area (Å²) in [5, 5.41) is 14.5. The lowest BCUT2D eigenvalue weighted by atomic mass is 10.1. The maximum Gasteiger partial charge on any atom is 0.243 e. The zero-order chi connectivity index (χ0) is 28.0. The smallest absolute Gasteiger partial charge is 0.243 e. The number of furan rings is 1. The topological polar surface area (TPSA) is 158 Å². The maximum absolute atomic E-state index is 13.6. The van der Waals surface area contributed by atoms with E-state index in [0.717, 1.165) is 19.5 Å². The fourth-order valence-electron chi connectivity index (χ4n) is 4.23. The minimum absolute atomic E-state index is 0. The van der Waals surface area contributed by atoms with Crippen molar-refractivity contribution in [1.29, 1.82) is 0 Å². The Morgan fingerprint density at radius 3 is 2.41 bits per heavy atom. The van der Waals surface area contributed by atoms with Crippen molar-refractivity contribution in [1.82, 2.24) is 24.7 Å². The molecule has 13 nitrogen and oxygen atoms in total. The number of ether oxygens (including phenoxy) is 2. The molecule has 39 heavy (non-hydrogen) atoms. The third-order valence-electron chi connectivity index (χ3n) is 5.97. The number of halogens is 1. The SMILES string of the molecule is CO.COc1cccc(OC)c1-n1c(NS(=O)(=O)[C@H]2CCCN(c3ncc(F)cn3)C2)nnc1-c1ccco1.[HH]. The highest BCUT2D eigenvalue weighted by atomic mass is 32.2. The number of hydrogen-bond donors (Lipinski definition) is 2. The molecule has 1 aromatic carbocycles. The van der Waals surface area contributed by atoms with Crippen LogP contribution in [-0.2, 0) is 10.0 Å². The number of nitrogens with zero attached hydrogens (tertiary/aromatic N) is 6. The van der Waals surface area contributed by atoms with Gasteiger partial charge in [-0.1, -0.05) is 6.07 Å². The number of methoxy groups -OCH3 is 2. The van der Waals surface area contributed by atoms with Crippen LogP contribution >= 0.6 is 0 Å². The van der Waals surface area contributed by atoms with E-state index in [9.17, 15) is 12.8 Å². The van der Waals surface area contributed by atoms with Crippen LogP contribution in [0.3, 0.4) is 0 Å². The number of sulfonamides is 1. The molecule has 0 radical (unpaired) electrons. The van der Waals surface area contributed by atoms with Gasteiger partial charge in [-0.15, -0.1) is 10.2 Å². The summed E-state index contributed by atoms with van der Waals surface area (Å²) >= 11 is 0. The molecule has 0 spiro atoms. The summed E-state index contributed by atoms with van der Waals surface area (Å²) in [6.45, 7) is 0.674. The number of para-hydroxylation sites is 1. The van der Waals surface area contributed by atoms with E-state index >= 15 is 0 Å². The number of aliphatic hydroxyl groups excluding tert-OH is 1. The molecule has 0 amide bonds. The summed E-state index contributed by atoms with van der Waals surface area (Å²) in [6, 6.07) is 8.54. The fourth-order valence-corrected chi connectivity index (χ4v) is 5.64. The third-order valence-corrected chi connectivity index (χ3v) is 7.70. The minimum Gasteiger partial charge on any atom is -0.494 e. The molecular weight excluding hydrogens is 533 g/mol. The molecule has 3 aromatic heterocycles. The van der Waals surface area contributed by atoms with Crippen LogP contribution in [0.4, 0.5) is 16.3 Å². The van der Waals surface area contributed by atoms with Crippen LogP contribution in [0.2, 0.25) is 0 Å². The summed E-state index contributed by atoms with van der Waals surface area (Å²) in [5.74, 6) is 1.06. The summed E-state index contributed by atoms with van der Waals surface area (Å²) in [4.78, 5) is 9.69. The van der Waals surface area contributed by atoms with Crippen LogP contribution in [0, 0.1) is 5.82 Å². The van der Waals surface area contributed by atoms with Gasteiger partial charge in [-0.2, -0.15) is 0 Å². The standard InChI is InChI=1S/C23H24FN7O5S.CH4O.H2/c1-34-17-7-3-8-18(35-2)20(17)31-21(19-9-5-11-36-19)27-28-23(31)29-37(32,33)16-6-4-10-30(14-16)22-25-12-15(24)13-26-22;1-2;/h3,5,7-9,11-13,16H,4,6,10,14H2,1-2H3,(H,28,29);2H,1H3;1H/t16-;;/m0../s1. The Bertz CT molecular complexity index is 1460. The van der Waals surface area contributed by atoms with E-state index in [1.807, 2.05) is 0 Å². The number of rotatable bonds is 8. The van der Waals surface area contributed by atoms with Gasteiger partial charge in [0.15, 0.2) is 11.6 Å². The Hall–Kier alpha value is -4.24. The first-order valence-electron chi connectivity index (χ1n) is 11.8. The molecule has 4 aromatic rings. The third kappa shape index (κ3) is 5.78. The summed E-state index contributed by atoms with van der Waals surface area (Å²) < 4.78 is 61.1. The summed E-state index contributed by atoms with van der Waals surface area (Å²) in [5.41, 5.74) is 0.395. The minimum atomic E-state index is -3.97. The fraction of sp³-hybridized carbons (Fsp3) is 0.333. The molecular formula is C24H30FN7O6S. The van der Waals surface area contributed by atoms with Gasteiger partial charge in [-0.25, -0.2) is 22.8 Å². The van der Waals surface area contributed by atoms with Crippen molar-refractivity contribution >= 4 is 21.9 Å². The number of aliphatic hydroxyl groups is 1. The number of nitrogens with one attached hydrogen (secondary N) is 1. The average molecular weight is 564 g/mol. The molecule has 0 unspecified atom stereocenters. The molecule has 1 saturated heterocycles. The summed E-state index contributed by atoms with van der Waals surface area (Å²) in [6.07, 6.45) is 4.57. The van der Waals surface area contributed by atoms with E-state index in [0.29, 0.717) is 42.3 Å². The van der Waals surface area contributed by atoms with E-state index in [1.165, 1.54) is 25.0 Å². The zero-order valence-electron chi connectivity index (χ0n) is 21.5. The van der Waals surface area contributed by atoms with Gasteiger partial charge in [-0.05, 0) is 37.1 Å². The average Bonchev–Trinajstić information content (AvgIpc) is 3.64. The molecule has 0 aliphatic carbocycles. The van der Waals surface area contributed by atoms with E-state index in [-0.39, 0.29) is 25.7 Å². The monoisotopic (exact) mass is 563 g/mol. The molecule has 0 bridgehead atoms. The predicted octanol–water partition coefficient (Wildman–Crippen LogP) is 2.74. The highest BCUT2D eigenvalue weighted by molar-refractivity contribution is 7.93. The first-order valence-corrected chi connectivity index (χ1v) is 13.4. The normalized spacial score (nSPS) is 15.3. The molecule has 2 N–H and O–H groups in total. The van der Waals surface area contributed by atoms with Crippen LogP contribution in [-0.4, -0.2) is 77.9 Å². The van der Waals surface area contributed by atoms with Crippen LogP contribution < -0.4 is 19.1 Å². The van der Waals surface area contributed by atoms with Crippen LogP contribution in [0.5, 0.6) is 11.5 Å². The van der Waals surface area contributed by atoms with E-state index < -0.39 is 21.1 Å². The van der Waals surface area contributed by atoms with Crippen LogP contribution in [0.15, 0.2) is 53.4 Å². The molecule has 1 atom stereocenters. The Morgan fingerprint density at radius 1 is 1.10 bits per heavy atom. The Morgan fingerprint density at radius 2 is 1.79 bits per heavy atom. The van der Waals surface area contributed by atoms with Crippen LogP contribution in [0.1, 0.15) is 14.3 Å². The summed E-state index contributed by atoms with van der Waals surface area (Å²) in [7, 11) is 0.0190. The van der Waals surface area contributed by atoms with Gasteiger partial charge in [0.1, 0.15) is 17.2 Å². The van der Waals surface area contributed by atoms with Crippen molar-refractivity contribution in [2.45, 2.75) is 18.1 Å². The quantitative estimate of drug-likeness (QED) is 0.325. The highest BCUT2D eigenvalue weighted by Gasteiger charge is 2.34. The predicted molar refractivity (Wildman–Crippen MR) is 142 cm³/mol. The van der Waals surface area contributed by atoms with E-state index in [1.54, 1.807) is 35.2 Å².